The van der Waals surface area contributed by atoms with Crippen molar-refractivity contribution in [1.29, 1.82) is 0 Å². The number of rotatable bonds is 3. The highest BCUT2D eigenvalue weighted by molar-refractivity contribution is 5.92. The molecule has 0 fully saturated rings. The lowest BCUT2D eigenvalue weighted by Gasteiger charge is -2.11. The molecule has 0 amide bonds. The lowest BCUT2D eigenvalue weighted by molar-refractivity contribution is -0.137. The lowest BCUT2D eigenvalue weighted by Crippen LogP contribution is -2.25. The van der Waals surface area contributed by atoms with Crippen molar-refractivity contribution in [2.45, 2.75) is 13.0 Å². The van der Waals surface area contributed by atoms with Crippen LogP contribution in [0.2, 0.25) is 0 Å². The first kappa shape index (κ1) is 9.51. The molecule has 3 N–H and O–H groups in total. The van der Waals surface area contributed by atoms with E-state index in [1.54, 1.807) is 13.1 Å². The van der Waals surface area contributed by atoms with Gasteiger partial charge in [-0.2, -0.15) is 5.10 Å². The van der Waals surface area contributed by atoms with E-state index in [0.29, 0.717) is 0 Å². The average molecular weight is 205 g/mol. The maximum Gasteiger partial charge on any atom is 0.325 e. The number of benzene rings is 1. The molecule has 0 aliphatic heterocycles. The molecule has 0 aliphatic rings. The topological polar surface area (TPSA) is 78.0 Å². The number of anilines is 1. The maximum absolute atomic E-state index is 10.7. The molecule has 1 aromatic carbocycles. The molecule has 78 valence electrons. The van der Waals surface area contributed by atoms with E-state index in [9.17, 15) is 4.79 Å². The van der Waals surface area contributed by atoms with Crippen LogP contribution in [0.4, 0.5) is 5.69 Å². The quantitative estimate of drug-likeness (QED) is 0.708. The SMILES string of the molecule is C[C@H](Nc1cccc2[nH]ncc12)C(=O)O. The van der Waals surface area contributed by atoms with Crippen molar-refractivity contribution in [3.05, 3.63) is 24.4 Å². The van der Waals surface area contributed by atoms with Crippen molar-refractivity contribution in [2.75, 3.05) is 5.32 Å². The number of hydrogen-bond donors (Lipinski definition) is 3. The molecule has 2 aromatic rings. The molecule has 0 bridgehead atoms. The van der Waals surface area contributed by atoms with Crippen molar-refractivity contribution < 1.29 is 9.90 Å². The predicted octanol–water partition coefficient (Wildman–Crippen LogP) is 1.45. The molecular formula is C10H11N3O2. The Labute approximate surface area is 86.1 Å². The fraction of sp³-hybridized carbons (Fsp3) is 0.200. The summed E-state index contributed by atoms with van der Waals surface area (Å²) in [5.41, 5.74) is 1.66. The summed E-state index contributed by atoms with van der Waals surface area (Å²) in [6, 6.07) is 4.94. The van der Waals surface area contributed by atoms with Gasteiger partial charge in [-0.25, -0.2) is 0 Å². The average Bonchev–Trinajstić information content (AvgIpc) is 2.66. The summed E-state index contributed by atoms with van der Waals surface area (Å²) >= 11 is 0. The van der Waals surface area contributed by atoms with Gasteiger partial charge in [0, 0.05) is 11.1 Å². The number of nitrogens with one attached hydrogen (secondary N) is 2. The Balaban J connectivity index is 2.35. The van der Waals surface area contributed by atoms with Crippen molar-refractivity contribution >= 4 is 22.6 Å². The van der Waals surface area contributed by atoms with E-state index in [2.05, 4.69) is 15.5 Å². The van der Waals surface area contributed by atoms with Gasteiger partial charge in [0.05, 0.1) is 11.7 Å². The summed E-state index contributed by atoms with van der Waals surface area (Å²) in [6.07, 6.45) is 1.67. The number of carboxylic acid groups (broad SMARTS) is 1. The third-order valence-electron chi connectivity index (χ3n) is 2.23. The molecular weight excluding hydrogens is 194 g/mol. The Morgan fingerprint density at radius 1 is 1.60 bits per heavy atom. The van der Waals surface area contributed by atoms with Crippen LogP contribution in [0.3, 0.4) is 0 Å². The highest BCUT2D eigenvalue weighted by atomic mass is 16.4. The van der Waals surface area contributed by atoms with Gasteiger partial charge in [-0.1, -0.05) is 6.07 Å². The molecule has 0 aliphatic carbocycles. The van der Waals surface area contributed by atoms with Gasteiger partial charge in [0.2, 0.25) is 0 Å². The minimum atomic E-state index is -0.879. The second-order valence-electron chi connectivity index (χ2n) is 3.34. The largest absolute Gasteiger partial charge is 0.480 e. The third kappa shape index (κ3) is 1.76. The Morgan fingerprint density at radius 3 is 3.13 bits per heavy atom. The van der Waals surface area contributed by atoms with Crippen molar-refractivity contribution in [2.24, 2.45) is 0 Å². The zero-order valence-electron chi connectivity index (χ0n) is 8.19. The monoisotopic (exact) mass is 205 g/mol. The molecule has 5 heteroatoms. The molecule has 0 saturated heterocycles. The van der Waals surface area contributed by atoms with E-state index < -0.39 is 12.0 Å². The number of aliphatic carboxylic acids is 1. The molecule has 15 heavy (non-hydrogen) atoms. The second kappa shape index (κ2) is 3.61. The van der Waals surface area contributed by atoms with E-state index in [1.807, 2.05) is 18.2 Å². The summed E-state index contributed by atoms with van der Waals surface area (Å²) in [6.45, 7) is 1.60. The molecule has 0 spiro atoms. The molecule has 0 unspecified atom stereocenters. The van der Waals surface area contributed by atoms with Crippen LogP contribution in [-0.4, -0.2) is 27.3 Å². The van der Waals surface area contributed by atoms with Crippen LogP contribution in [0, 0.1) is 0 Å². The fourth-order valence-electron chi connectivity index (χ4n) is 1.39. The van der Waals surface area contributed by atoms with Crippen LogP contribution in [0.5, 0.6) is 0 Å². The molecule has 5 nitrogen and oxygen atoms in total. The highest BCUT2D eigenvalue weighted by Crippen LogP contribution is 2.21. The Morgan fingerprint density at radius 2 is 2.40 bits per heavy atom. The molecule has 1 atom stereocenters. The van der Waals surface area contributed by atoms with E-state index in [-0.39, 0.29) is 0 Å². The Bertz CT molecular complexity index is 492. The van der Waals surface area contributed by atoms with Crippen LogP contribution in [0.15, 0.2) is 24.4 Å². The van der Waals surface area contributed by atoms with Gasteiger partial charge in [0.1, 0.15) is 6.04 Å². The number of fused-ring (bicyclic) bond motifs is 1. The standard InChI is InChI=1S/C10H11N3O2/c1-6(10(14)15)12-8-3-2-4-9-7(8)5-11-13-9/h2-6,12H,1H3,(H,11,13)(H,14,15)/t6-/m0/s1. The molecule has 0 radical (unpaired) electrons. The van der Waals surface area contributed by atoms with Gasteiger partial charge in [0.25, 0.3) is 0 Å². The van der Waals surface area contributed by atoms with Crippen LogP contribution in [0.1, 0.15) is 6.92 Å². The molecule has 0 saturated carbocycles. The van der Waals surface area contributed by atoms with Crippen LogP contribution in [0.25, 0.3) is 10.9 Å². The number of aromatic amines is 1. The van der Waals surface area contributed by atoms with Crippen molar-refractivity contribution in [3.8, 4) is 0 Å². The molecule has 2 rings (SSSR count). The van der Waals surface area contributed by atoms with Crippen molar-refractivity contribution in [1.82, 2.24) is 10.2 Å². The van der Waals surface area contributed by atoms with Gasteiger partial charge >= 0.3 is 5.97 Å². The number of carboxylic acids is 1. The van der Waals surface area contributed by atoms with Gasteiger partial charge in [-0.15, -0.1) is 0 Å². The van der Waals surface area contributed by atoms with Gasteiger partial charge < -0.3 is 10.4 Å². The smallest absolute Gasteiger partial charge is 0.325 e. The van der Waals surface area contributed by atoms with Gasteiger partial charge in [-0.3, -0.25) is 9.89 Å². The highest BCUT2D eigenvalue weighted by Gasteiger charge is 2.11. The van der Waals surface area contributed by atoms with E-state index in [1.165, 1.54) is 0 Å². The fourth-order valence-corrected chi connectivity index (χ4v) is 1.39. The Kier molecular flexibility index (Phi) is 2.29. The minimum absolute atomic E-state index is 0.620. The van der Waals surface area contributed by atoms with E-state index in [0.717, 1.165) is 16.6 Å². The molecule has 1 aromatic heterocycles. The lowest BCUT2D eigenvalue weighted by atomic mass is 10.2. The third-order valence-corrected chi connectivity index (χ3v) is 2.23. The van der Waals surface area contributed by atoms with Crippen molar-refractivity contribution in [3.63, 3.8) is 0 Å². The number of nitrogens with zero attached hydrogens (tertiary/aromatic N) is 1. The van der Waals surface area contributed by atoms with Crippen LogP contribution in [-0.2, 0) is 4.79 Å². The number of aromatic nitrogens is 2. The first-order valence-corrected chi connectivity index (χ1v) is 4.60. The first-order valence-electron chi connectivity index (χ1n) is 4.60. The number of hydrogen-bond acceptors (Lipinski definition) is 3. The first-order chi connectivity index (χ1) is 7.18. The predicted molar refractivity (Wildman–Crippen MR) is 56.8 cm³/mol. The van der Waals surface area contributed by atoms with Gasteiger partial charge in [-0.05, 0) is 19.1 Å². The second-order valence-corrected chi connectivity index (χ2v) is 3.34. The summed E-state index contributed by atoms with van der Waals surface area (Å²) in [4.78, 5) is 10.7. The molecule has 1 heterocycles. The minimum Gasteiger partial charge on any atom is -0.480 e. The van der Waals surface area contributed by atoms with Crippen LogP contribution < -0.4 is 5.32 Å². The Hall–Kier alpha value is -2.04. The van der Waals surface area contributed by atoms with Gasteiger partial charge in [0.15, 0.2) is 0 Å². The summed E-state index contributed by atoms with van der Waals surface area (Å²) < 4.78 is 0. The zero-order valence-corrected chi connectivity index (χ0v) is 8.19. The number of H-pyrrole nitrogens is 1. The summed E-state index contributed by atoms with van der Waals surface area (Å²) in [5.74, 6) is -0.879. The summed E-state index contributed by atoms with van der Waals surface area (Å²) in [5, 5.41) is 19.3. The normalized spacial score (nSPS) is 12.6. The summed E-state index contributed by atoms with van der Waals surface area (Å²) in [7, 11) is 0. The van der Waals surface area contributed by atoms with E-state index in [4.69, 9.17) is 5.11 Å². The zero-order chi connectivity index (χ0) is 10.8. The number of carbonyl (C=O) groups is 1. The van der Waals surface area contributed by atoms with Crippen LogP contribution >= 0.6 is 0 Å². The van der Waals surface area contributed by atoms with E-state index >= 15 is 0 Å². The maximum atomic E-state index is 10.7.